The van der Waals surface area contributed by atoms with Crippen LogP contribution in [0.4, 0.5) is 3.89 Å². The Morgan fingerprint density at radius 1 is 1.64 bits per heavy atom. The molecule has 0 aliphatic heterocycles. The van der Waals surface area contributed by atoms with Crippen molar-refractivity contribution >= 4 is 16.2 Å². The molecule has 0 atom stereocenters. The second-order valence-corrected chi connectivity index (χ2v) is 3.94. The number of carboxylic acid groups (broad SMARTS) is 1. The fourth-order valence-corrected chi connectivity index (χ4v) is 1.56. The van der Waals surface area contributed by atoms with Gasteiger partial charge in [0.25, 0.3) is 0 Å². The molecule has 0 aliphatic carbocycles. The predicted octanol–water partition coefficient (Wildman–Crippen LogP) is 0.864. The Morgan fingerprint density at radius 2 is 2.21 bits per heavy atom. The molecule has 0 saturated heterocycles. The first kappa shape index (κ1) is 10.7. The van der Waals surface area contributed by atoms with E-state index in [0.29, 0.717) is 0 Å². The van der Waals surface area contributed by atoms with Crippen molar-refractivity contribution in [3.63, 3.8) is 0 Å². The first-order valence-corrected chi connectivity index (χ1v) is 5.12. The average molecular weight is 221 g/mol. The van der Waals surface area contributed by atoms with Crippen LogP contribution in [0.1, 0.15) is 17.4 Å². The number of hydrogen-bond acceptors (Lipinski definition) is 3. The molecule has 7 heteroatoms. The maximum absolute atomic E-state index is 12.5. The van der Waals surface area contributed by atoms with Crippen LogP contribution in [0.2, 0.25) is 0 Å². The average Bonchev–Trinajstić information content (AvgIpc) is 2.45. The lowest BCUT2D eigenvalue weighted by atomic mass is 10.4. The van der Waals surface area contributed by atoms with Gasteiger partial charge >= 0.3 is 16.2 Å². The van der Waals surface area contributed by atoms with Gasteiger partial charge in [-0.2, -0.15) is 8.42 Å². The SMILES string of the molecule is CCn1cc(S(=O)(=O)F)cc1C(=O)O. The van der Waals surface area contributed by atoms with Gasteiger partial charge in [-0.1, -0.05) is 0 Å². The lowest BCUT2D eigenvalue weighted by Crippen LogP contribution is -2.05. The molecule has 0 aliphatic rings. The molecule has 0 saturated carbocycles. The van der Waals surface area contributed by atoms with E-state index in [9.17, 15) is 17.1 Å². The summed E-state index contributed by atoms with van der Waals surface area (Å²) in [4.78, 5) is 9.95. The standard InChI is InChI=1S/C7H8FNO4S/c1-2-9-4-5(14(8,12)13)3-6(9)7(10)11/h3-4H,2H2,1H3,(H,10,11). The molecule has 1 heterocycles. The van der Waals surface area contributed by atoms with Gasteiger partial charge in [0.15, 0.2) is 0 Å². The summed E-state index contributed by atoms with van der Waals surface area (Å²) in [6, 6.07) is 0.793. The third-order valence-electron chi connectivity index (χ3n) is 1.71. The smallest absolute Gasteiger partial charge is 0.352 e. The molecule has 0 aromatic carbocycles. The van der Waals surface area contributed by atoms with Crippen LogP contribution >= 0.6 is 0 Å². The fourth-order valence-electron chi connectivity index (χ4n) is 1.06. The van der Waals surface area contributed by atoms with E-state index in [0.717, 1.165) is 16.8 Å². The van der Waals surface area contributed by atoms with Crippen LogP contribution in [-0.2, 0) is 16.8 Å². The Morgan fingerprint density at radius 3 is 2.50 bits per heavy atom. The van der Waals surface area contributed by atoms with Gasteiger partial charge in [-0.05, 0) is 13.0 Å². The molecule has 0 spiro atoms. The monoisotopic (exact) mass is 221 g/mol. The quantitative estimate of drug-likeness (QED) is 0.768. The van der Waals surface area contributed by atoms with Gasteiger partial charge in [0.1, 0.15) is 10.6 Å². The van der Waals surface area contributed by atoms with Crippen molar-refractivity contribution in [1.29, 1.82) is 0 Å². The topological polar surface area (TPSA) is 76.4 Å². The lowest BCUT2D eigenvalue weighted by Gasteiger charge is -1.98. The summed E-state index contributed by atoms with van der Waals surface area (Å²) in [5.41, 5.74) is -0.247. The second-order valence-electron chi connectivity index (χ2n) is 2.59. The number of carboxylic acids is 1. The van der Waals surface area contributed by atoms with Crippen molar-refractivity contribution in [2.75, 3.05) is 0 Å². The van der Waals surface area contributed by atoms with E-state index in [1.54, 1.807) is 6.92 Å². The van der Waals surface area contributed by atoms with E-state index in [-0.39, 0.29) is 12.2 Å². The van der Waals surface area contributed by atoms with Gasteiger partial charge in [0.2, 0.25) is 0 Å². The molecule has 14 heavy (non-hydrogen) atoms. The van der Waals surface area contributed by atoms with Crippen molar-refractivity contribution in [3.8, 4) is 0 Å². The van der Waals surface area contributed by atoms with Crippen LogP contribution < -0.4 is 0 Å². The Bertz CT molecular complexity index is 462. The minimum atomic E-state index is -4.83. The van der Waals surface area contributed by atoms with Crippen LogP contribution in [0.3, 0.4) is 0 Å². The van der Waals surface area contributed by atoms with Gasteiger partial charge in [-0.3, -0.25) is 0 Å². The third-order valence-corrected chi connectivity index (χ3v) is 2.50. The molecular formula is C7H8FNO4S. The molecule has 0 unspecified atom stereocenters. The second kappa shape index (κ2) is 3.41. The number of aryl methyl sites for hydroxylation is 1. The predicted molar refractivity (Wildman–Crippen MR) is 45.4 cm³/mol. The van der Waals surface area contributed by atoms with Crippen molar-refractivity contribution in [2.45, 2.75) is 18.4 Å². The number of nitrogens with zero attached hydrogens (tertiary/aromatic N) is 1. The summed E-state index contributed by atoms with van der Waals surface area (Å²) in [5, 5.41) is 8.64. The van der Waals surface area contributed by atoms with E-state index >= 15 is 0 Å². The first-order valence-electron chi connectivity index (χ1n) is 3.74. The van der Waals surface area contributed by atoms with Crippen LogP contribution in [0.25, 0.3) is 0 Å². The van der Waals surface area contributed by atoms with E-state index < -0.39 is 21.1 Å². The summed E-state index contributed by atoms with van der Waals surface area (Å²) in [6.07, 6.45) is 0.957. The highest BCUT2D eigenvalue weighted by Gasteiger charge is 2.19. The molecule has 0 amide bonds. The molecule has 0 bridgehead atoms. The van der Waals surface area contributed by atoms with E-state index in [1.807, 2.05) is 0 Å². The van der Waals surface area contributed by atoms with Crippen LogP contribution in [0.5, 0.6) is 0 Å². The number of halogens is 1. The summed E-state index contributed by atoms with van der Waals surface area (Å²) >= 11 is 0. The highest BCUT2D eigenvalue weighted by Crippen LogP contribution is 2.16. The molecule has 5 nitrogen and oxygen atoms in total. The molecule has 0 radical (unpaired) electrons. The normalized spacial score (nSPS) is 11.6. The zero-order valence-corrected chi connectivity index (χ0v) is 8.08. The van der Waals surface area contributed by atoms with E-state index in [2.05, 4.69) is 0 Å². The van der Waals surface area contributed by atoms with Gasteiger partial charge in [-0.25, -0.2) is 4.79 Å². The summed E-state index contributed by atoms with van der Waals surface area (Å²) < 4.78 is 34.6. The van der Waals surface area contributed by atoms with Crippen LogP contribution in [0.15, 0.2) is 17.2 Å². The molecular weight excluding hydrogens is 213 g/mol. The maximum Gasteiger partial charge on any atom is 0.352 e. The van der Waals surface area contributed by atoms with Gasteiger partial charge in [0, 0.05) is 12.7 Å². The van der Waals surface area contributed by atoms with Crippen molar-refractivity contribution in [3.05, 3.63) is 18.0 Å². The summed E-state index contributed by atoms with van der Waals surface area (Å²) in [5.74, 6) is -1.29. The molecule has 1 rings (SSSR count). The highest BCUT2D eigenvalue weighted by atomic mass is 32.3. The van der Waals surface area contributed by atoms with Crippen molar-refractivity contribution in [1.82, 2.24) is 4.57 Å². The van der Waals surface area contributed by atoms with Gasteiger partial charge in [0.05, 0.1) is 0 Å². The number of aromatic carboxylic acids is 1. The third kappa shape index (κ3) is 1.92. The minimum Gasteiger partial charge on any atom is -0.477 e. The maximum atomic E-state index is 12.5. The number of aromatic nitrogens is 1. The zero-order valence-electron chi connectivity index (χ0n) is 7.27. The summed E-state index contributed by atoms with van der Waals surface area (Å²) in [7, 11) is -4.83. The Balaban J connectivity index is 3.34. The van der Waals surface area contributed by atoms with E-state index in [4.69, 9.17) is 5.11 Å². The van der Waals surface area contributed by atoms with E-state index in [1.165, 1.54) is 0 Å². The zero-order chi connectivity index (χ0) is 10.9. The van der Waals surface area contributed by atoms with Crippen LogP contribution in [0, 0.1) is 0 Å². The number of carbonyl (C=O) groups is 1. The summed E-state index contributed by atoms with van der Waals surface area (Å²) in [6.45, 7) is 1.89. The Kier molecular flexibility index (Phi) is 2.61. The molecule has 0 fully saturated rings. The Hall–Kier alpha value is -1.37. The number of rotatable bonds is 3. The molecule has 1 N–H and O–H groups in total. The molecule has 1 aromatic heterocycles. The largest absolute Gasteiger partial charge is 0.477 e. The Labute approximate surface area is 80.0 Å². The highest BCUT2D eigenvalue weighted by molar-refractivity contribution is 7.86. The lowest BCUT2D eigenvalue weighted by molar-refractivity contribution is 0.0685. The van der Waals surface area contributed by atoms with Crippen molar-refractivity contribution < 1.29 is 22.2 Å². The molecule has 1 aromatic rings. The van der Waals surface area contributed by atoms with Crippen LogP contribution in [-0.4, -0.2) is 24.1 Å². The van der Waals surface area contributed by atoms with Gasteiger partial charge < -0.3 is 9.67 Å². The fraction of sp³-hybridized carbons (Fsp3) is 0.286. The first-order chi connectivity index (χ1) is 6.36. The minimum absolute atomic E-state index is 0.247. The molecule has 78 valence electrons. The van der Waals surface area contributed by atoms with Crippen molar-refractivity contribution in [2.24, 2.45) is 0 Å². The van der Waals surface area contributed by atoms with Gasteiger partial charge in [-0.15, -0.1) is 3.89 Å². The number of hydrogen-bond donors (Lipinski definition) is 1.